The lowest BCUT2D eigenvalue weighted by Crippen LogP contribution is -2.44. The van der Waals surface area contributed by atoms with E-state index in [2.05, 4.69) is 10.3 Å². The van der Waals surface area contributed by atoms with E-state index in [4.69, 9.17) is 4.74 Å². The van der Waals surface area contributed by atoms with Gasteiger partial charge in [-0.15, -0.1) is 0 Å². The first kappa shape index (κ1) is 18.9. The summed E-state index contributed by atoms with van der Waals surface area (Å²) in [6.45, 7) is 6.78. The number of nitrogens with zero attached hydrogens (tertiary/aromatic N) is 3. The van der Waals surface area contributed by atoms with Crippen LogP contribution in [-0.2, 0) is 22.6 Å². The van der Waals surface area contributed by atoms with Crippen LogP contribution in [0.1, 0.15) is 27.2 Å². The zero-order valence-corrected chi connectivity index (χ0v) is 14.8. The van der Waals surface area contributed by atoms with Crippen molar-refractivity contribution in [1.29, 1.82) is 0 Å². The molecule has 0 radical (unpaired) electrons. The number of carbonyl (C=O) groups excluding carboxylic acids is 1. The van der Waals surface area contributed by atoms with E-state index < -0.39 is 11.1 Å². The Morgan fingerprint density at radius 1 is 1.28 bits per heavy atom. The van der Waals surface area contributed by atoms with E-state index in [0.717, 1.165) is 0 Å². The topological polar surface area (TPSA) is 95.2 Å². The fourth-order valence-corrected chi connectivity index (χ4v) is 2.51. The third kappa shape index (κ3) is 4.54. The number of pyridine rings is 1. The van der Waals surface area contributed by atoms with Crippen LogP contribution in [-0.4, -0.2) is 39.3 Å². The number of rotatable bonds is 8. The summed E-state index contributed by atoms with van der Waals surface area (Å²) in [6, 6.07) is 3.35. The summed E-state index contributed by atoms with van der Waals surface area (Å²) < 4.78 is 7.89. The fourth-order valence-electron chi connectivity index (χ4n) is 2.51. The summed E-state index contributed by atoms with van der Waals surface area (Å²) >= 11 is 0. The first-order valence-electron chi connectivity index (χ1n) is 8.42. The molecule has 25 heavy (non-hydrogen) atoms. The molecular formula is C17H24N4O4. The van der Waals surface area contributed by atoms with Crippen LogP contribution in [0.2, 0.25) is 0 Å². The second-order valence-corrected chi connectivity index (χ2v) is 5.91. The molecule has 136 valence electrons. The Morgan fingerprint density at radius 3 is 2.68 bits per heavy atom. The van der Waals surface area contributed by atoms with Gasteiger partial charge in [0.2, 0.25) is 5.91 Å². The molecule has 2 heterocycles. The van der Waals surface area contributed by atoms with Gasteiger partial charge in [0.25, 0.3) is 0 Å². The van der Waals surface area contributed by atoms with E-state index in [1.807, 2.05) is 13.8 Å². The normalized spacial score (nSPS) is 11.2. The lowest BCUT2D eigenvalue weighted by molar-refractivity contribution is -0.121. The molecule has 0 bridgehead atoms. The molecule has 8 nitrogen and oxygen atoms in total. The fraction of sp³-hybridized carbons (Fsp3) is 0.529. The van der Waals surface area contributed by atoms with Crippen molar-refractivity contribution in [3.63, 3.8) is 0 Å². The average molecular weight is 348 g/mol. The first-order valence-corrected chi connectivity index (χ1v) is 8.42. The van der Waals surface area contributed by atoms with Gasteiger partial charge in [-0.05, 0) is 39.3 Å². The van der Waals surface area contributed by atoms with Gasteiger partial charge in [-0.3, -0.25) is 23.5 Å². The summed E-state index contributed by atoms with van der Waals surface area (Å²) in [5.41, 5.74) is -0.535. The van der Waals surface area contributed by atoms with Crippen molar-refractivity contribution >= 4 is 17.1 Å². The van der Waals surface area contributed by atoms with Crippen LogP contribution in [0.3, 0.4) is 0 Å². The minimum atomic E-state index is -0.722. The van der Waals surface area contributed by atoms with Gasteiger partial charge in [-0.2, -0.15) is 0 Å². The van der Waals surface area contributed by atoms with Crippen LogP contribution in [0.15, 0.2) is 27.9 Å². The number of fused-ring (bicyclic) bond motifs is 1. The minimum absolute atomic E-state index is 0.151. The highest BCUT2D eigenvalue weighted by atomic mass is 16.5. The third-order valence-electron chi connectivity index (χ3n) is 3.70. The van der Waals surface area contributed by atoms with Crippen molar-refractivity contribution in [2.75, 3.05) is 13.2 Å². The van der Waals surface area contributed by atoms with Crippen LogP contribution < -0.4 is 16.4 Å². The predicted octanol–water partition coefficient (Wildman–Crippen LogP) is 0.509. The highest BCUT2D eigenvalue weighted by Gasteiger charge is 2.15. The third-order valence-corrected chi connectivity index (χ3v) is 3.70. The van der Waals surface area contributed by atoms with Gasteiger partial charge in [0.05, 0.1) is 11.6 Å². The van der Waals surface area contributed by atoms with Gasteiger partial charge in [0, 0.05) is 25.9 Å². The highest BCUT2D eigenvalue weighted by Crippen LogP contribution is 2.06. The summed E-state index contributed by atoms with van der Waals surface area (Å²) in [7, 11) is 0. The maximum absolute atomic E-state index is 12.4. The predicted molar refractivity (Wildman–Crippen MR) is 94.7 cm³/mol. The molecule has 0 aliphatic rings. The highest BCUT2D eigenvalue weighted by molar-refractivity contribution is 5.78. The summed E-state index contributed by atoms with van der Waals surface area (Å²) in [6.07, 6.45) is 2.38. The maximum atomic E-state index is 12.4. The number of hydrogen-bond acceptors (Lipinski definition) is 5. The summed E-state index contributed by atoms with van der Waals surface area (Å²) in [5, 5.41) is 2.74. The summed E-state index contributed by atoms with van der Waals surface area (Å²) in [4.78, 5) is 40.9. The Morgan fingerprint density at radius 2 is 2.00 bits per heavy atom. The van der Waals surface area contributed by atoms with Gasteiger partial charge < -0.3 is 10.1 Å². The molecule has 0 aliphatic heterocycles. The van der Waals surface area contributed by atoms with Crippen molar-refractivity contribution in [1.82, 2.24) is 19.4 Å². The van der Waals surface area contributed by atoms with E-state index in [1.165, 1.54) is 9.13 Å². The van der Waals surface area contributed by atoms with E-state index >= 15 is 0 Å². The van der Waals surface area contributed by atoms with Crippen LogP contribution in [0, 0.1) is 0 Å². The Balaban J connectivity index is 2.16. The number of hydrogen-bond donors (Lipinski definition) is 1. The van der Waals surface area contributed by atoms with Crippen LogP contribution in [0.4, 0.5) is 0 Å². The van der Waals surface area contributed by atoms with E-state index in [-0.39, 0.29) is 18.6 Å². The van der Waals surface area contributed by atoms with Crippen molar-refractivity contribution in [3.05, 3.63) is 39.0 Å². The van der Waals surface area contributed by atoms with Gasteiger partial charge in [0.15, 0.2) is 5.65 Å². The molecule has 0 aliphatic carbocycles. The number of amides is 1. The number of aryl methyl sites for hydroxylation is 1. The zero-order valence-electron chi connectivity index (χ0n) is 14.8. The number of carbonyl (C=O) groups is 1. The van der Waals surface area contributed by atoms with Crippen molar-refractivity contribution in [2.45, 2.75) is 46.4 Å². The van der Waals surface area contributed by atoms with Gasteiger partial charge in [0.1, 0.15) is 6.54 Å². The molecule has 1 amide bonds. The molecule has 0 unspecified atom stereocenters. The van der Waals surface area contributed by atoms with E-state index in [9.17, 15) is 14.4 Å². The van der Waals surface area contributed by atoms with E-state index in [0.29, 0.717) is 37.3 Å². The van der Waals surface area contributed by atoms with Crippen LogP contribution >= 0.6 is 0 Å². The Bertz CT molecular complexity index is 854. The Labute approximate surface area is 145 Å². The molecule has 8 heteroatoms. The monoisotopic (exact) mass is 348 g/mol. The maximum Gasteiger partial charge on any atom is 0.318 e. The largest absolute Gasteiger partial charge is 0.379 e. The molecule has 2 aromatic heterocycles. The molecule has 0 fully saturated rings. The number of nitrogens with one attached hydrogen (secondary N) is 1. The van der Waals surface area contributed by atoms with Crippen LogP contribution in [0.25, 0.3) is 11.2 Å². The quantitative estimate of drug-likeness (QED) is 0.554. The lowest BCUT2D eigenvalue weighted by Gasteiger charge is -2.13. The molecule has 0 spiro atoms. The molecule has 2 aromatic rings. The Hall–Kier alpha value is -2.48. The van der Waals surface area contributed by atoms with Crippen LogP contribution in [0.5, 0.6) is 0 Å². The molecule has 2 rings (SSSR count). The smallest absolute Gasteiger partial charge is 0.318 e. The molecule has 0 saturated heterocycles. The lowest BCUT2D eigenvalue weighted by atomic mass is 10.3. The minimum Gasteiger partial charge on any atom is -0.379 e. The molecular weight excluding hydrogens is 324 g/mol. The second kappa shape index (κ2) is 8.57. The van der Waals surface area contributed by atoms with Gasteiger partial charge >= 0.3 is 11.1 Å². The van der Waals surface area contributed by atoms with Crippen molar-refractivity contribution in [2.24, 2.45) is 0 Å². The van der Waals surface area contributed by atoms with Crippen molar-refractivity contribution < 1.29 is 9.53 Å². The molecule has 0 saturated carbocycles. The standard InChI is InChI=1S/C17H24N4O4/c1-4-20-15-13(7-5-8-19-15)21(17(24)16(20)23)11-14(22)18-9-6-10-25-12(2)3/h5,7-8,12H,4,6,9-11H2,1-3H3,(H,18,22). The average Bonchev–Trinajstić information content (AvgIpc) is 2.59. The molecule has 1 N–H and O–H groups in total. The van der Waals surface area contributed by atoms with Gasteiger partial charge in [-0.1, -0.05) is 0 Å². The first-order chi connectivity index (χ1) is 12.0. The summed E-state index contributed by atoms with van der Waals surface area (Å²) in [5.74, 6) is -0.328. The molecule has 0 aromatic carbocycles. The number of aromatic nitrogens is 3. The number of ether oxygens (including phenoxy) is 1. The second-order valence-electron chi connectivity index (χ2n) is 5.91. The molecule has 0 atom stereocenters. The SMILES string of the molecule is CCn1c(=O)c(=O)n(CC(=O)NCCCOC(C)C)c2cccnc21. The zero-order chi connectivity index (χ0) is 18.4. The van der Waals surface area contributed by atoms with Crippen molar-refractivity contribution in [3.8, 4) is 0 Å². The van der Waals surface area contributed by atoms with Gasteiger partial charge in [-0.25, -0.2) is 4.98 Å². The van der Waals surface area contributed by atoms with E-state index in [1.54, 1.807) is 25.3 Å². The Kier molecular flexibility index (Phi) is 6.46.